The van der Waals surface area contributed by atoms with Crippen LogP contribution >= 0.6 is 0 Å². The molecule has 0 fully saturated rings. The van der Waals surface area contributed by atoms with Crippen molar-refractivity contribution < 1.29 is 35.7 Å². The van der Waals surface area contributed by atoms with E-state index in [1.807, 2.05) is 83.1 Å². The van der Waals surface area contributed by atoms with Crippen molar-refractivity contribution >= 4 is 23.1 Å². The minimum Gasteiger partial charge on any atom is -0.299 e. The third-order valence-corrected chi connectivity index (χ3v) is 3.99. The maximum atomic E-state index is 11.5. The van der Waals surface area contributed by atoms with Gasteiger partial charge in [0.25, 0.3) is 0 Å². The number of rotatable bonds is 4. The number of carbonyl (C=O) groups is 4. The van der Waals surface area contributed by atoms with E-state index in [0.717, 1.165) is 0 Å². The molecule has 0 aromatic heterocycles. The van der Waals surface area contributed by atoms with Crippen LogP contribution in [0.5, 0.6) is 0 Å². The van der Waals surface area contributed by atoms with Crippen molar-refractivity contribution in [2.24, 2.45) is 21.7 Å². The number of Topliss-reactive ketones (excluding diaryl/α,β-unsaturated/α-hetero) is 4. The molecule has 0 aromatic rings. The summed E-state index contributed by atoms with van der Waals surface area (Å²) >= 11 is 0. The zero-order valence-corrected chi connectivity index (χ0v) is 20.4. The molecule has 0 spiro atoms. The first-order chi connectivity index (χ1) is 11.1. The number of hydrogen-bond acceptors (Lipinski definition) is 4. The Bertz CT molecular complexity index is 435. The van der Waals surface area contributed by atoms with Crippen molar-refractivity contribution in [2.45, 2.75) is 95.9 Å². The maximum absolute atomic E-state index is 11.5. The minimum absolute atomic E-state index is 0. The fourth-order valence-corrected chi connectivity index (χ4v) is 1.35. The summed E-state index contributed by atoms with van der Waals surface area (Å²) in [6.45, 7) is 22.1. The van der Waals surface area contributed by atoms with Gasteiger partial charge in [-0.3, -0.25) is 19.2 Å². The fourth-order valence-electron chi connectivity index (χ4n) is 1.35. The van der Waals surface area contributed by atoms with Gasteiger partial charge in [0.1, 0.15) is 23.1 Å². The molecule has 0 unspecified atom stereocenters. The predicted octanol–water partition coefficient (Wildman–Crippen LogP) is 5.21. The first kappa shape index (κ1) is 30.9. The topological polar surface area (TPSA) is 68.3 Å². The summed E-state index contributed by atoms with van der Waals surface area (Å²) < 4.78 is 0. The third-order valence-electron chi connectivity index (χ3n) is 3.99. The molecule has 0 heterocycles. The van der Waals surface area contributed by atoms with Crippen molar-refractivity contribution in [3.8, 4) is 0 Å². The number of hydrogen-bond donors (Lipinski definition) is 0. The molecule has 0 radical (unpaired) electrons. The Kier molecular flexibility index (Phi) is 12.2. The van der Waals surface area contributed by atoms with Crippen LogP contribution in [0.25, 0.3) is 0 Å². The Morgan fingerprint density at radius 1 is 0.407 bits per heavy atom. The van der Waals surface area contributed by atoms with Crippen LogP contribution in [-0.2, 0) is 35.7 Å². The number of ketones is 4. The van der Waals surface area contributed by atoms with Crippen LogP contribution in [-0.4, -0.2) is 23.1 Å². The second kappa shape index (κ2) is 10.6. The van der Waals surface area contributed by atoms with Gasteiger partial charge in [0.2, 0.25) is 0 Å². The third kappa shape index (κ3) is 13.9. The van der Waals surface area contributed by atoms with Crippen LogP contribution in [0.2, 0.25) is 0 Å². The zero-order chi connectivity index (χ0) is 21.7. The summed E-state index contributed by atoms with van der Waals surface area (Å²) in [4.78, 5) is 46.0. The molecule has 162 valence electrons. The Labute approximate surface area is 176 Å². The van der Waals surface area contributed by atoms with Crippen LogP contribution in [0.3, 0.4) is 0 Å². The van der Waals surface area contributed by atoms with Crippen molar-refractivity contribution in [3.63, 3.8) is 0 Å². The van der Waals surface area contributed by atoms with E-state index in [2.05, 4.69) is 0 Å². The first-order valence-corrected chi connectivity index (χ1v) is 9.23. The quantitative estimate of drug-likeness (QED) is 0.456. The van der Waals surface area contributed by atoms with Gasteiger partial charge in [-0.15, -0.1) is 0 Å². The van der Waals surface area contributed by atoms with E-state index in [1.54, 1.807) is 0 Å². The Morgan fingerprint density at radius 2 is 0.519 bits per heavy atom. The summed E-state index contributed by atoms with van der Waals surface area (Å²) in [5.74, 6) is 0.0831. The summed E-state index contributed by atoms with van der Waals surface area (Å²) in [6.07, 6.45) is 0.125. The molecule has 0 bridgehead atoms. The molecule has 27 heavy (non-hydrogen) atoms. The normalized spacial score (nSPS) is 12.3. The Hall–Kier alpha value is -0.826. The molecule has 5 heteroatoms. The van der Waals surface area contributed by atoms with Crippen LogP contribution in [0.1, 0.15) is 95.9 Å². The van der Waals surface area contributed by atoms with Crippen molar-refractivity contribution in [1.82, 2.24) is 0 Å². The van der Waals surface area contributed by atoms with Gasteiger partial charge in [0.15, 0.2) is 0 Å². The van der Waals surface area contributed by atoms with E-state index < -0.39 is 21.7 Å². The second-order valence-electron chi connectivity index (χ2n) is 11.0. The molecule has 4 nitrogen and oxygen atoms in total. The number of carbonyl (C=O) groups excluding carboxylic acids is 4. The Balaban J connectivity index is -0.000000411. The van der Waals surface area contributed by atoms with Gasteiger partial charge in [-0.25, -0.2) is 0 Å². The SMILES string of the molecule is CC(C)(C)C(=O)CC(=O)C(C)(C)C.CC(C)(C)C(=O)CC(=O)C(C)(C)C.[Ni]. The second-order valence-corrected chi connectivity index (χ2v) is 11.0. The molecule has 0 saturated carbocycles. The zero-order valence-electron chi connectivity index (χ0n) is 19.4. The van der Waals surface area contributed by atoms with E-state index in [1.165, 1.54) is 0 Å². The first-order valence-electron chi connectivity index (χ1n) is 9.23. The monoisotopic (exact) mass is 426 g/mol. The molecule has 0 amide bonds. The van der Waals surface area contributed by atoms with Gasteiger partial charge >= 0.3 is 0 Å². The molecule has 0 aliphatic carbocycles. The summed E-state index contributed by atoms with van der Waals surface area (Å²) in [7, 11) is 0. The molecule has 0 N–H and O–H groups in total. The summed E-state index contributed by atoms with van der Waals surface area (Å²) in [5, 5.41) is 0. The largest absolute Gasteiger partial charge is 0.299 e. The molecule has 0 aromatic carbocycles. The Morgan fingerprint density at radius 3 is 0.593 bits per heavy atom. The van der Waals surface area contributed by atoms with Crippen molar-refractivity contribution in [2.75, 3.05) is 0 Å². The van der Waals surface area contributed by atoms with Crippen LogP contribution in [0, 0.1) is 21.7 Å². The van der Waals surface area contributed by atoms with E-state index >= 15 is 0 Å². The summed E-state index contributed by atoms with van der Waals surface area (Å²) in [5.41, 5.74) is -1.61. The molecular weight excluding hydrogens is 387 g/mol. The van der Waals surface area contributed by atoms with Crippen LogP contribution in [0.15, 0.2) is 0 Å². The molecule has 0 rings (SSSR count). The smallest absolute Gasteiger partial charge is 0.145 e. The van der Waals surface area contributed by atoms with Crippen LogP contribution in [0.4, 0.5) is 0 Å². The molecule has 0 aliphatic rings. The van der Waals surface area contributed by atoms with Crippen LogP contribution < -0.4 is 0 Å². The molecular formula is C22H40NiO4. The standard InChI is InChI=1S/2C11H20O2.Ni/c2*1-10(2,3)8(12)7-9(13)11(4,5)6;/h2*7H2,1-6H3;. The van der Waals surface area contributed by atoms with Gasteiger partial charge in [0, 0.05) is 38.2 Å². The van der Waals surface area contributed by atoms with Gasteiger partial charge in [-0.1, -0.05) is 83.1 Å². The molecule has 0 atom stereocenters. The minimum atomic E-state index is -0.402. The fraction of sp³-hybridized carbons (Fsp3) is 0.818. The van der Waals surface area contributed by atoms with Gasteiger partial charge < -0.3 is 0 Å². The van der Waals surface area contributed by atoms with E-state index in [0.29, 0.717) is 0 Å². The average molecular weight is 427 g/mol. The van der Waals surface area contributed by atoms with Gasteiger partial charge in [-0.2, -0.15) is 0 Å². The van der Waals surface area contributed by atoms with E-state index in [9.17, 15) is 19.2 Å². The van der Waals surface area contributed by atoms with Gasteiger partial charge in [0.05, 0.1) is 12.8 Å². The van der Waals surface area contributed by atoms with Crippen molar-refractivity contribution in [3.05, 3.63) is 0 Å². The average Bonchev–Trinajstić information content (AvgIpc) is 2.34. The predicted molar refractivity (Wildman–Crippen MR) is 107 cm³/mol. The van der Waals surface area contributed by atoms with E-state index in [-0.39, 0.29) is 52.5 Å². The van der Waals surface area contributed by atoms with E-state index in [4.69, 9.17) is 0 Å². The molecule has 0 aliphatic heterocycles. The van der Waals surface area contributed by atoms with Gasteiger partial charge in [-0.05, 0) is 0 Å². The maximum Gasteiger partial charge on any atom is 0.145 e. The van der Waals surface area contributed by atoms with Crippen molar-refractivity contribution in [1.29, 1.82) is 0 Å². The molecule has 0 saturated heterocycles. The summed E-state index contributed by atoms with van der Waals surface area (Å²) in [6, 6.07) is 0.